The summed E-state index contributed by atoms with van der Waals surface area (Å²) >= 11 is 0. The van der Waals surface area contributed by atoms with Gasteiger partial charge in [0.25, 0.3) is 0 Å². The summed E-state index contributed by atoms with van der Waals surface area (Å²) in [5, 5.41) is 13.2. The maximum absolute atomic E-state index is 14.7. The number of nitrogens with zero attached hydrogens (tertiary/aromatic N) is 4. The van der Waals surface area contributed by atoms with Gasteiger partial charge in [0.2, 0.25) is 0 Å². The standard InChI is InChI=1S/C32H32FN7/c1-39(2)11-10-35-24-13-21(12-23(33)16-24)26-6-5-7-29-27(26)17-31(36-29)32-28-15-20(8-9-30(28)37-38-32)22-14-25(40(3)4)19-34-18-22/h5-9,12-19,35-36H,10-11H2,1-4H3,(H,37,38). The second kappa shape index (κ2) is 10.5. The summed E-state index contributed by atoms with van der Waals surface area (Å²) in [6.45, 7) is 1.59. The molecule has 0 saturated carbocycles. The first-order chi connectivity index (χ1) is 19.4. The van der Waals surface area contributed by atoms with E-state index >= 15 is 0 Å². The van der Waals surface area contributed by atoms with Gasteiger partial charge in [-0.05, 0) is 79.3 Å². The Bertz CT molecular complexity index is 1820. The maximum atomic E-state index is 14.7. The molecule has 0 unspecified atom stereocenters. The van der Waals surface area contributed by atoms with E-state index in [1.165, 1.54) is 0 Å². The Morgan fingerprint density at radius 1 is 0.825 bits per heavy atom. The van der Waals surface area contributed by atoms with Gasteiger partial charge in [-0.25, -0.2) is 4.39 Å². The Morgan fingerprint density at radius 3 is 2.52 bits per heavy atom. The van der Waals surface area contributed by atoms with Crippen LogP contribution in [0.3, 0.4) is 0 Å². The highest BCUT2D eigenvalue weighted by Crippen LogP contribution is 2.36. The highest BCUT2D eigenvalue weighted by molar-refractivity contribution is 6.02. The number of likely N-dealkylation sites (N-methyl/N-ethyl adjacent to an activating group) is 1. The van der Waals surface area contributed by atoms with Gasteiger partial charge in [-0.3, -0.25) is 10.1 Å². The monoisotopic (exact) mass is 533 g/mol. The molecule has 0 spiro atoms. The molecule has 0 aliphatic carbocycles. The third-order valence-corrected chi connectivity index (χ3v) is 7.15. The van der Waals surface area contributed by atoms with E-state index < -0.39 is 0 Å². The normalized spacial score (nSPS) is 11.6. The Hall–Kier alpha value is -4.69. The van der Waals surface area contributed by atoms with Crippen molar-refractivity contribution in [2.24, 2.45) is 0 Å². The summed E-state index contributed by atoms with van der Waals surface area (Å²) in [6, 6.07) is 21.7. The number of fused-ring (bicyclic) bond motifs is 2. The lowest BCUT2D eigenvalue weighted by Gasteiger charge is -2.13. The van der Waals surface area contributed by atoms with E-state index in [0.29, 0.717) is 0 Å². The van der Waals surface area contributed by atoms with Crippen molar-refractivity contribution < 1.29 is 4.39 Å². The van der Waals surface area contributed by atoms with E-state index in [-0.39, 0.29) is 5.82 Å². The van der Waals surface area contributed by atoms with E-state index in [9.17, 15) is 4.39 Å². The molecule has 6 rings (SSSR count). The molecule has 202 valence electrons. The van der Waals surface area contributed by atoms with Crippen LogP contribution >= 0.6 is 0 Å². The Morgan fingerprint density at radius 2 is 1.70 bits per heavy atom. The number of anilines is 2. The zero-order valence-electron chi connectivity index (χ0n) is 23.1. The fourth-order valence-electron chi connectivity index (χ4n) is 5.03. The van der Waals surface area contributed by atoms with Crippen LogP contribution in [0.5, 0.6) is 0 Å². The van der Waals surface area contributed by atoms with Crippen LogP contribution < -0.4 is 10.2 Å². The number of rotatable bonds is 8. The molecule has 0 aliphatic heterocycles. The fourth-order valence-corrected chi connectivity index (χ4v) is 5.03. The molecule has 0 atom stereocenters. The van der Waals surface area contributed by atoms with Crippen LogP contribution in [0, 0.1) is 5.82 Å². The second-order valence-corrected chi connectivity index (χ2v) is 10.6. The summed E-state index contributed by atoms with van der Waals surface area (Å²) in [7, 11) is 8.06. The van der Waals surface area contributed by atoms with Crippen molar-refractivity contribution in [1.82, 2.24) is 25.1 Å². The Labute approximate surface area is 232 Å². The van der Waals surface area contributed by atoms with Crippen LogP contribution in [0.15, 0.2) is 79.1 Å². The molecule has 3 aromatic heterocycles. The van der Waals surface area contributed by atoms with Gasteiger partial charge in [0.1, 0.15) is 11.5 Å². The molecular formula is C32H32FN7. The molecule has 0 fully saturated rings. The van der Waals surface area contributed by atoms with E-state index in [0.717, 1.165) is 79.9 Å². The van der Waals surface area contributed by atoms with Crippen molar-refractivity contribution in [3.63, 3.8) is 0 Å². The predicted octanol–water partition coefficient (Wildman–Crippen LogP) is 6.62. The maximum Gasteiger partial charge on any atom is 0.125 e. The molecule has 3 heterocycles. The number of halogens is 1. The van der Waals surface area contributed by atoms with Gasteiger partial charge in [-0.2, -0.15) is 5.10 Å². The molecule has 0 aliphatic rings. The summed E-state index contributed by atoms with van der Waals surface area (Å²) in [6.07, 6.45) is 3.74. The van der Waals surface area contributed by atoms with Crippen molar-refractivity contribution in [2.75, 3.05) is 51.5 Å². The molecule has 0 amide bonds. The van der Waals surface area contributed by atoms with Crippen LogP contribution in [0.1, 0.15) is 0 Å². The molecule has 8 heteroatoms. The summed E-state index contributed by atoms with van der Waals surface area (Å²) < 4.78 is 14.7. The van der Waals surface area contributed by atoms with E-state index in [1.807, 2.05) is 69.7 Å². The van der Waals surface area contributed by atoms with Crippen LogP contribution in [0.2, 0.25) is 0 Å². The van der Waals surface area contributed by atoms with Gasteiger partial charge in [-0.1, -0.05) is 18.2 Å². The molecular weight excluding hydrogens is 501 g/mol. The Kier molecular flexibility index (Phi) is 6.69. The number of pyridine rings is 1. The van der Waals surface area contributed by atoms with Crippen LogP contribution in [-0.4, -0.2) is 66.3 Å². The molecule has 0 saturated heterocycles. The van der Waals surface area contributed by atoms with Crippen molar-refractivity contribution >= 4 is 33.2 Å². The predicted molar refractivity (Wildman–Crippen MR) is 163 cm³/mol. The quantitative estimate of drug-likeness (QED) is 0.205. The zero-order chi connectivity index (χ0) is 27.8. The van der Waals surface area contributed by atoms with Gasteiger partial charge in [0.15, 0.2) is 0 Å². The van der Waals surface area contributed by atoms with Crippen molar-refractivity contribution in [3.8, 4) is 33.6 Å². The number of nitrogens with one attached hydrogen (secondary N) is 3. The highest BCUT2D eigenvalue weighted by atomic mass is 19.1. The van der Waals surface area contributed by atoms with E-state index in [1.54, 1.807) is 12.1 Å². The lowest BCUT2D eigenvalue weighted by molar-refractivity contribution is 0.425. The molecule has 3 aromatic carbocycles. The lowest BCUT2D eigenvalue weighted by Crippen LogP contribution is -2.20. The first-order valence-corrected chi connectivity index (χ1v) is 13.3. The summed E-state index contributed by atoms with van der Waals surface area (Å²) in [4.78, 5) is 12.1. The molecule has 0 radical (unpaired) electrons. The number of aromatic nitrogens is 4. The van der Waals surface area contributed by atoms with Crippen LogP contribution in [0.4, 0.5) is 15.8 Å². The SMILES string of the molecule is CN(C)CCNc1cc(F)cc(-c2cccc3[nH]c(-c4n[nH]c5ccc(-c6cncc(N(C)C)c6)cc45)cc23)c1. The number of hydrogen-bond acceptors (Lipinski definition) is 5. The van der Waals surface area contributed by atoms with Crippen molar-refractivity contribution in [1.29, 1.82) is 0 Å². The minimum Gasteiger partial charge on any atom is -0.384 e. The van der Waals surface area contributed by atoms with Gasteiger partial charge in [0, 0.05) is 60.9 Å². The number of H-pyrrole nitrogens is 2. The van der Waals surface area contributed by atoms with E-state index in [2.05, 4.69) is 60.7 Å². The Balaban J connectivity index is 1.39. The summed E-state index contributed by atoms with van der Waals surface area (Å²) in [5.41, 5.74) is 9.35. The van der Waals surface area contributed by atoms with Gasteiger partial charge >= 0.3 is 0 Å². The molecule has 7 nitrogen and oxygen atoms in total. The molecule has 3 N–H and O–H groups in total. The number of benzene rings is 3. The second-order valence-electron chi connectivity index (χ2n) is 10.6. The van der Waals surface area contributed by atoms with Crippen LogP contribution in [0.25, 0.3) is 55.4 Å². The lowest BCUT2D eigenvalue weighted by atomic mass is 10.0. The average molecular weight is 534 g/mol. The van der Waals surface area contributed by atoms with Crippen LogP contribution in [-0.2, 0) is 0 Å². The molecule has 40 heavy (non-hydrogen) atoms. The minimum atomic E-state index is -0.267. The zero-order valence-corrected chi connectivity index (χ0v) is 23.1. The molecule has 0 bridgehead atoms. The van der Waals surface area contributed by atoms with Gasteiger partial charge < -0.3 is 20.1 Å². The van der Waals surface area contributed by atoms with E-state index in [4.69, 9.17) is 0 Å². The first kappa shape index (κ1) is 25.6. The number of hydrogen-bond donors (Lipinski definition) is 3. The third-order valence-electron chi connectivity index (χ3n) is 7.15. The fraction of sp³-hybridized carbons (Fsp3) is 0.188. The smallest absolute Gasteiger partial charge is 0.125 e. The minimum absolute atomic E-state index is 0.267. The van der Waals surface area contributed by atoms with Gasteiger partial charge in [0.05, 0.1) is 23.1 Å². The highest BCUT2D eigenvalue weighted by Gasteiger charge is 2.15. The number of aromatic amines is 2. The first-order valence-electron chi connectivity index (χ1n) is 13.3. The molecule has 6 aromatic rings. The van der Waals surface area contributed by atoms with Crippen molar-refractivity contribution in [2.45, 2.75) is 0 Å². The largest absolute Gasteiger partial charge is 0.384 e. The van der Waals surface area contributed by atoms with Gasteiger partial charge in [-0.15, -0.1) is 0 Å². The third kappa shape index (κ3) is 5.01. The topological polar surface area (TPSA) is 75.9 Å². The average Bonchev–Trinajstić information content (AvgIpc) is 3.56. The van der Waals surface area contributed by atoms with Crippen molar-refractivity contribution in [3.05, 3.63) is 84.9 Å². The summed E-state index contributed by atoms with van der Waals surface area (Å²) in [5.74, 6) is -0.267.